The van der Waals surface area contributed by atoms with Gasteiger partial charge in [-0.2, -0.15) is 10.1 Å². The SMILES string of the molecule is Cc1cc(C)n(-c2nc(SCC[NH+](C)C)c3c4c(sc3n2)COC(C)(C)C4)n1. The van der Waals surface area contributed by atoms with Crippen LogP contribution in [0, 0.1) is 13.8 Å². The summed E-state index contributed by atoms with van der Waals surface area (Å²) in [6, 6.07) is 2.06. The molecule has 4 rings (SSSR count). The van der Waals surface area contributed by atoms with Gasteiger partial charge in [0.2, 0.25) is 0 Å². The van der Waals surface area contributed by atoms with Crippen LogP contribution in [0.15, 0.2) is 11.1 Å². The molecule has 0 unspecified atom stereocenters. The molecule has 0 spiro atoms. The van der Waals surface area contributed by atoms with E-state index >= 15 is 0 Å². The smallest absolute Gasteiger partial charge is 0.253 e. The van der Waals surface area contributed by atoms with E-state index in [1.165, 1.54) is 20.7 Å². The first-order valence-corrected chi connectivity index (χ1v) is 11.5. The number of hydrogen-bond acceptors (Lipinski definition) is 6. The lowest BCUT2D eigenvalue weighted by molar-refractivity contribution is -0.855. The first-order chi connectivity index (χ1) is 13.2. The van der Waals surface area contributed by atoms with Crippen molar-refractivity contribution in [3.8, 4) is 5.95 Å². The Morgan fingerprint density at radius 3 is 2.75 bits per heavy atom. The molecule has 8 heteroatoms. The van der Waals surface area contributed by atoms with Crippen LogP contribution in [0.25, 0.3) is 16.2 Å². The predicted octanol–water partition coefficient (Wildman–Crippen LogP) is 2.58. The van der Waals surface area contributed by atoms with Gasteiger partial charge < -0.3 is 9.64 Å². The maximum atomic E-state index is 6.05. The summed E-state index contributed by atoms with van der Waals surface area (Å²) in [7, 11) is 4.37. The van der Waals surface area contributed by atoms with Crippen molar-refractivity contribution in [3.63, 3.8) is 0 Å². The lowest BCUT2D eigenvalue weighted by atomic mass is 9.95. The molecule has 0 aromatic carbocycles. The molecule has 0 atom stereocenters. The third kappa shape index (κ3) is 3.83. The fourth-order valence-corrected chi connectivity index (χ4v) is 5.86. The molecule has 0 amide bonds. The number of ether oxygens (including phenoxy) is 1. The van der Waals surface area contributed by atoms with Crippen molar-refractivity contribution >= 4 is 33.3 Å². The van der Waals surface area contributed by atoms with Gasteiger partial charge in [-0.05, 0) is 39.3 Å². The first kappa shape index (κ1) is 19.8. The third-order valence-corrected chi connectivity index (χ3v) is 7.00. The summed E-state index contributed by atoms with van der Waals surface area (Å²) in [4.78, 5) is 13.7. The molecular weight excluding hydrogens is 390 g/mol. The van der Waals surface area contributed by atoms with Crippen molar-refractivity contribution in [1.82, 2.24) is 19.7 Å². The van der Waals surface area contributed by atoms with Crippen molar-refractivity contribution in [1.29, 1.82) is 0 Å². The second kappa shape index (κ2) is 7.40. The molecule has 150 valence electrons. The summed E-state index contributed by atoms with van der Waals surface area (Å²) in [6.45, 7) is 10.1. The first-order valence-electron chi connectivity index (χ1n) is 9.65. The van der Waals surface area contributed by atoms with Gasteiger partial charge in [0.15, 0.2) is 0 Å². The van der Waals surface area contributed by atoms with Gasteiger partial charge in [-0.1, -0.05) is 11.8 Å². The minimum atomic E-state index is -0.148. The van der Waals surface area contributed by atoms with E-state index < -0.39 is 0 Å². The quantitative estimate of drug-likeness (QED) is 0.510. The highest BCUT2D eigenvalue weighted by Gasteiger charge is 2.31. The number of nitrogens with one attached hydrogen (secondary N) is 1. The van der Waals surface area contributed by atoms with Crippen molar-refractivity contribution in [2.45, 2.75) is 51.3 Å². The lowest BCUT2D eigenvalue weighted by Crippen LogP contribution is -3.06. The normalized spacial score (nSPS) is 16.1. The van der Waals surface area contributed by atoms with Crippen LogP contribution in [0.1, 0.15) is 35.7 Å². The maximum Gasteiger partial charge on any atom is 0.253 e. The highest BCUT2D eigenvalue weighted by atomic mass is 32.2. The largest absolute Gasteiger partial charge is 0.370 e. The molecule has 28 heavy (non-hydrogen) atoms. The summed E-state index contributed by atoms with van der Waals surface area (Å²) in [5, 5.41) is 6.90. The second-order valence-corrected chi connectivity index (χ2v) is 10.5. The Bertz CT molecular complexity index is 1020. The number of fused-ring (bicyclic) bond motifs is 3. The van der Waals surface area contributed by atoms with Crippen LogP contribution in [0.3, 0.4) is 0 Å². The number of rotatable bonds is 5. The average molecular weight is 419 g/mol. The van der Waals surface area contributed by atoms with Gasteiger partial charge in [-0.25, -0.2) is 9.67 Å². The molecule has 1 aliphatic rings. The lowest BCUT2D eigenvalue weighted by Gasteiger charge is -2.30. The minimum absolute atomic E-state index is 0.148. The molecule has 0 saturated carbocycles. The number of aryl methyl sites for hydroxylation is 2. The van der Waals surface area contributed by atoms with E-state index in [9.17, 15) is 0 Å². The summed E-state index contributed by atoms with van der Waals surface area (Å²) in [6.07, 6.45) is 0.900. The Morgan fingerprint density at radius 1 is 1.29 bits per heavy atom. The van der Waals surface area contributed by atoms with Crippen LogP contribution in [0.4, 0.5) is 0 Å². The Kier molecular flexibility index (Phi) is 5.24. The summed E-state index contributed by atoms with van der Waals surface area (Å²) >= 11 is 3.57. The van der Waals surface area contributed by atoms with Crippen molar-refractivity contribution in [2.24, 2.45) is 0 Å². The fourth-order valence-electron chi connectivity index (χ4n) is 3.48. The zero-order valence-corrected chi connectivity index (χ0v) is 19.1. The van der Waals surface area contributed by atoms with Gasteiger partial charge in [0, 0.05) is 28.1 Å². The zero-order chi connectivity index (χ0) is 20.1. The van der Waals surface area contributed by atoms with Crippen molar-refractivity contribution in [3.05, 3.63) is 27.9 Å². The molecular formula is C20H28N5OS2+. The Morgan fingerprint density at radius 2 is 2.07 bits per heavy atom. The van der Waals surface area contributed by atoms with Gasteiger partial charge in [-0.3, -0.25) is 0 Å². The van der Waals surface area contributed by atoms with Gasteiger partial charge in [0.1, 0.15) is 9.86 Å². The Balaban J connectivity index is 1.85. The molecule has 1 aliphatic heterocycles. The van der Waals surface area contributed by atoms with Crippen LogP contribution < -0.4 is 4.90 Å². The van der Waals surface area contributed by atoms with E-state index in [0.717, 1.165) is 40.0 Å². The fraction of sp³-hybridized carbons (Fsp3) is 0.550. The predicted molar refractivity (Wildman–Crippen MR) is 115 cm³/mol. The highest BCUT2D eigenvalue weighted by molar-refractivity contribution is 7.99. The van der Waals surface area contributed by atoms with Crippen LogP contribution >= 0.6 is 23.1 Å². The average Bonchev–Trinajstić information content (AvgIpc) is 3.12. The summed E-state index contributed by atoms with van der Waals surface area (Å²) in [5.74, 6) is 1.69. The van der Waals surface area contributed by atoms with E-state index in [4.69, 9.17) is 14.7 Å². The van der Waals surface area contributed by atoms with Gasteiger partial charge in [-0.15, -0.1) is 11.3 Å². The molecule has 0 aliphatic carbocycles. The van der Waals surface area contributed by atoms with Crippen LogP contribution in [0.2, 0.25) is 0 Å². The molecule has 4 heterocycles. The number of quaternary nitrogens is 1. The zero-order valence-electron chi connectivity index (χ0n) is 17.4. The molecule has 3 aromatic heterocycles. The second-order valence-electron chi connectivity index (χ2n) is 8.38. The maximum absolute atomic E-state index is 6.05. The van der Waals surface area contributed by atoms with Gasteiger partial charge in [0.25, 0.3) is 5.95 Å². The number of hydrogen-bond donors (Lipinski definition) is 1. The molecule has 0 saturated heterocycles. The van der Waals surface area contributed by atoms with Crippen LogP contribution in [-0.2, 0) is 17.8 Å². The van der Waals surface area contributed by atoms with Gasteiger partial charge >= 0.3 is 0 Å². The highest BCUT2D eigenvalue weighted by Crippen LogP contribution is 2.41. The number of nitrogens with zero attached hydrogens (tertiary/aromatic N) is 4. The van der Waals surface area contributed by atoms with E-state index in [1.54, 1.807) is 11.3 Å². The topological polar surface area (TPSA) is 57.3 Å². The van der Waals surface area contributed by atoms with Crippen molar-refractivity contribution in [2.75, 3.05) is 26.4 Å². The van der Waals surface area contributed by atoms with E-state index in [0.29, 0.717) is 12.6 Å². The van der Waals surface area contributed by atoms with E-state index in [1.807, 2.05) is 30.3 Å². The minimum Gasteiger partial charge on any atom is -0.370 e. The Labute approximate surface area is 174 Å². The molecule has 6 nitrogen and oxygen atoms in total. The van der Waals surface area contributed by atoms with Crippen LogP contribution in [0.5, 0.6) is 0 Å². The molecule has 0 bridgehead atoms. The summed E-state index contributed by atoms with van der Waals surface area (Å²) < 4.78 is 7.90. The Hall–Kier alpha value is -1.48. The summed E-state index contributed by atoms with van der Waals surface area (Å²) in [5.41, 5.74) is 3.25. The number of thioether (sulfide) groups is 1. The van der Waals surface area contributed by atoms with E-state index in [-0.39, 0.29) is 5.60 Å². The monoisotopic (exact) mass is 418 g/mol. The standard InChI is InChI=1S/C20H27N5OS2/c1-12-9-13(2)25(23-12)19-21-17(27-8-7-24(5)6)16-14-10-20(3,4)26-11-15(14)28-18(16)22-19/h9H,7-8,10-11H2,1-6H3/p+1. The molecule has 3 aromatic rings. The molecule has 0 fully saturated rings. The number of thiophene rings is 1. The third-order valence-electron chi connectivity index (χ3n) is 4.93. The van der Waals surface area contributed by atoms with Gasteiger partial charge in [0.05, 0.1) is 38.5 Å². The van der Waals surface area contributed by atoms with Crippen molar-refractivity contribution < 1.29 is 9.64 Å². The molecule has 1 N–H and O–H groups in total. The number of aromatic nitrogens is 4. The van der Waals surface area contributed by atoms with Crippen LogP contribution in [-0.4, -0.2) is 51.7 Å². The molecule has 0 radical (unpaired) electrons. The van der Waals surface area contributed by atoms with E-state index in [2.05, 4.69) is 39.1 Å².